The van der Waals surface area contributed by atoms with Crippen molar-refractivity contribution in [3.05, 3.63) is 65.2 Å². The van der Waals surface area contributed by atoms with Crippen molar-refractivity contribution >= 4 is 29.2 Å². The highest BCUT2D eigenvalue weighted by molar-refractivity contribution is 6.30. The fourth-order valence-electron chi connectivity index (χ4n) is 5.17. The van der Waals surface area contributed by atoms with Gasteiger partial charge < -0.3 is 9.80 Å². The molecule has 4 unspecified atom stereocenters. The van der Waals surface area contributed by atoms with E-state index in [0.717, 1.165) is 24.3 Å². The summed E-state index contributed by atoms with van der Waals surface area (Å²) >= 11 is 6.26. The average molecular weight is 454 g/mol. The van der Waals surface area contributed by atoms with Gasteiger partial charge in [-0.2, -0.15) is 0 Å². The number of hydrogen-bond donors (Lipinski definition) is 1. The van der Waals surface area contributed by atoms with Crippen LogP contribution in [0.2, 0.25) is 5.02 Å². The maximum atomic E-state index is 13.6. The van der Waals surface area contributed by atoms with Gasteiger partial charge in [0.2, 0.25) is 0 Å². The molecule has 0 aliphatic carbocycles. The van der Waals surface area contributed by atoms with Gasteiger partial charge in [-0.3, -0.25) is 19.9 Å². The molecule has 3 heterocycles. The number of nitrogens with one attached hydrogen (secondary N) is 1. The smallest absolute Gasteiger partial charge is 0.327 e. The summed E-state index contributed by atoms with van der Waals surface area (Å²) < 4.78 is 0. The van der Waals surface area contributed by atoms with Gasteiger partial charge in [0.15, 0.2) is 0 Å². The number of benzene rings is 2. The highest BCUT2D eigenvalue weighted by atomic mass is 35.5. The molecule has 168 valence electrons. The molecule has 0 radical (unpaired) electrons. The van der Waals surface area contributed by atoms with Gasteiger partial charge in [0.1, 0.15) is 18.5 Å². The van der Waals surface area contributed by atoms with E-state index in [2.05, 4.69) is 22.0 Å². The van der Waals surface area contributed by atoms with Crippen molar-refractivity contribution in [3.63, 3.8) is 0 Å². The molecule has 2 aromatic carbocycles. The molecule has 3 fully saturated rings. The topological polar surface area (TPSA) is 59.1 Å². The Hall–Kier alpha value is -2.61. The molecule has 4 atom stereocenters. The standard InChI is InChI=1S/C24H28ClN5O2/c1-16-14-29(19-10-6-9-18(25)13-19)23-26-21-20(30(23)15-16)22(31)28(24(32)27(21)2)12-11-17-7-4-3-5-8-17/h3-10,13,16,20-21,23,26H,11-12,14-15H2,1-2H3. The Morgan fingerprint density at radius 3 is 2.59 bits per heavy atom. The van der Waals surface area contributed by atoms with Crippen LogP contribution in [0.5, 0.6) is 0 Å². The fraction of sp³-hybridized carbons (Fsp3) is 0.417. The predicted octanol–water partition coefficient (Wildman–Crippen LogP) is 2.82. The summed E-state index contributed by atoms with van der Waals surface area (Å²) in [6, 6.07) is 17.1. The second-order valence-corrected chi connectivity index (χ2v) is 9.42. The van der Waals surface area contributed by atoms with Crippen molar-refractivity contribution in [1.82, 2.24) is 20.0 Å². The van der Waals surface area contributed by atoms with Gasteiger partial charge in [0.25, 0.3) is 5.91 Å². The monoisotopic (exact) mass is 453 g/mol. The SMILES string of the molecule is CC1CN(c2cccc(Cl)c2)C2NC3C(C(=O)N(CCc4ccccc4)C(=O)N3C)N2C1. The van der Waals surface area contributed by atoms with Crippen molar-refractivity contribution < 1.29 is 9.59 Å². The summed E-state index contributed by atoms with van der Waals surface area (Å²) in [6.45, 7) is 4.20. The molecule has 5 rings (SSSR count). The first-order valence-corrected chi connectivity index (χ1v) is 11.5. The first-order chi connectivity index (χ1) is 15.4. The largest absolute Gasteiger partial charge is 0.343 e. The summed E-state index contributed by atoms with van der Waals surface area (Å²) in [5.41, 5.74) is 2.12. The van der Waals surface area contributed by atoms with Crippen molar-refractivity contribution in [3.8, 4) is 0 Å². The Balaban J connectivity index is 1.41. The van der Waals surface area contributed by atoms with Crippen LogP contribution in [0.15, 0.2) is 54.6 Å². The van der Waals surface area contributed by atoms with Gasteiger partial charge >= 0.3 is 6.03 Å². The molecule has 7 nitrogen and oxygen atoms in total. The number of carbonyl (C=O) groups excluding carboxylic acids is 2. The Kier molecular flexibility index (Phi) is 5.57. The minimum Gasteiger partial charge on any atom is -0.343 e. The van der Waals surface area contributed by atoms with E-state index in [4.69, 9.17) is 11.6 Å². The summed E-state index contributed by atoms with van der Waals surface area (Å²) in [6.07, 6.45) is 0.110. The average Bonchev–Trinajstić information content (AvgIpc) is 3.17. The molecule has 32 heavy (non-hydrogen) atoms. The van der Waals surface area contributed by atoms with E-state index in [-0.39, 0.29) is 24.4 Å². The van der Waals surface area contributed by atoms with Crippen LogP contribution in [0.4, 0.5) is 10.5 Å². The lowest BCUT2D eigenvalue weighted by Crippen LogP contribution is -2.66. The van der Waals surface area contributed by atoms with Crippen molar-refractivity contribution in [2.24, 2.45) is 5.92 Å². The third-order valence-electron chi connectivity index (χ3n) is 6.69. The van der Waals surface area contributed by atoms with Crippen molar-refractivity contribution in [2.75, 3.05) is 31.6 Å². The number of hydrogen-bond acceptors (Lipinski definition) is 5. The summed E-state index contributed by atoms with van der Waals surface area (Å²) in [7, 11) is 1.78. The maximum Gasteiger partial charge on any atom is 0.327 e. The van der Waals surface area contributed by atoms with Crippen molar-refractivity contribution in [1.29, 1.82) is 0 Å². The molecule has 0 bridgehead atoms. The molecule has 0 saturated carbocycles. The van der Waals surface area contributed by atoms with Crippen LogP contribution in [-0.2, 0) is 11.2 Å². The van der Waals surface area contributed by atoms with Crippen LogP contribution in [-0.4, -0.2) is 71.8 Å². The van der Waals surface area contributed by atoms with E-state index < -0.39 is 6.04 Å². The zero-order valence-electron chi connectivity index (χ0n) is 18.3. The van der Waals surface area contributed by atoms with E-state index >= 15 is 0 Å². The quantitative estimate of drug-likeness (QED) is 0.771. The Bertz CT molecular complexity index is 1020. The number of rotatable bonds is 4. The van der Waals surface area contributed by atoms with Crippen LogP contribution >= 0.6 is 11.6 Å². The van der Waals surface area contributed by atoms with Gasteiger partial charge in [0, 0.05) is 37.4 Å². The second-order valence-electron chi connectivity index (χ2n) is 8.98. The van der Waals surface area contributed by atoms with Crippen molar-refractivity contribution in [2.45, 2.75) is 31.8 Å². The zero-order chi connectivity index (χ0) is 22.4. The summed E-state index contributed by atoms with van der Waals surface area (Å²) in [5, 5.41) is 4.23. The number of carbonyl (C=O) groups is 2. The summed E-state index contributed by atoms with van der Waals surface area (Å²) in [5.74, 6) is 0.239. The van der Waals surface area contributed by atoms with Gasteiger partial charge in [-0.05, 0) is 36.1 Å². The predicted molar refractivity (Wildman–Crippen MR) is 124 cm³/mol. The Morgan fingerprint density at radius 1 is 1.06 bits per heavy atom. The number of urea groups is 1. The van der Waals surface area contributed by atoms with Crippen LogP contribution in [0, 0.1) is 5.92 Å². The normalized spacial score (nSPS) is 28.2. The fourth-order valence-corrected chi connectivity index (χ4v) is 5.35. The Labute approximate surface area is 193 Å². The molecular formula is C24H28ClN5O2. The zero-order valence-corrected chi connectivity index (χ0v) is 19.1. The number of likely N-dealkylation sites (N-methyl/N-ethyl adjacent to an activating group) is 1. The highest BCUT2D eigenvalue weighted by Crippen LogP contribution is 2.35. The molecular weight excluding hydrogens is 426 g/mol. The third kappa shape index (κ3) is 3.64. The van der Waals surface area contributed by atoms with E-state index in [1.54, 1.807) is 11.9 Å². The lowest BCUT2D eigenvalue weighted by Gasteiger charge is -2.46. The number of anilines is 1. The molecule has 0 spiro atoms. The van der Waals surface area contributed by atoms with Gasteiger partial charge in [-0.15, -0.1) is 0 Å². The minimum absolute atomic E-state index is 0.121. The van der Waals surface area contributed by atoms with Crippen LogP contribution < -0.4 is 10.2 Å². The maximum absolute atomic E-state index is 13.6. The van der Waals surface area contributed by atoms with Crippen LogP contribution in [0.25, 0.3) is 0 Å². The van der Waals surface area contributed by atoms with Gasteiger partial charge in [0.05, 0.1) is 0 Å². The lowest BCUT2D eigenvalue weighted by molar-refractivity contribution is -0.138. The second kappa shape index (κ2) is 8.39. The summed E-state index contributed by atoms with van der Waals surface area (Å²) in [4.78, 5) is 34.3. The molecule has 2 aromatic rings. The molecule has 1 N–H and O–H groups in total. The molecule has 3 amide bonds. The number of amides is 3. The number of nitrogens with zero attached hydrogens (tertiary/aromatic N) is 4. The molecule has 3 aliphatic rings. The van der Waals surface area contributed by atoms with Crippen LogP contribution in [0.3, 0.4) is 0 Å². The first-order valence-electron chi connectivity index (χ1n) is 11.1. The molecule has 8 heteroatoms. The lowest BCUT2D eigenvalue weighted by atomic mass is 10.0. The number of fused-ring (bicyclic) bond motifs is 3. The molecule has 0 aromatic heterocycles. The molecule has 3 aliphatic heterocycles. The van der Waals surface area contributed by atoms with E-state index in [1.807, 2.05) is 54.6 Å². The molecule has 3 saturated heterocycles. The first kappa shape index (κ1) is 21.2. The minimum atomic E-state index is -0.414. The number of halogens is 1. The van der Waals surface area contributed by atoms with Crippen LogP contribution in [0.1, 0.15) is 12.5 Å². The van der Waals surface area contributed by atoms with Gasteiger partial charge in [-0.1, -0.05) is 54.9 Å². The highest BCUT2D eigenvalue weighted by Gasteiger charge is 2.56. The Morgan fingerprint density at radius 2 is 1.84 bits per heavy atom. The van der Waals surface area contributed by atoms with Gasteiger partial charge in [-0.25, -0.2) is 4.79 Å². The van der Waals surface area contributed by atoms with E-state index in [1.165, 1.54) is 4.90 Å². The van der Waals surface area contributed by atoms with E-state index in [9.17, 15) is 9.59 Å². The third-order valence-corrected chi connectivity index (χ3v) is 6.93. The number of imide groups is 1. The van der Waals surface area contributed by atoms with E-state index in [0.29, 0.717) is 23.9 Å².